The average Bonchev–Trinajstić information content (AvgIpc) is 2.77. The molecule has 4 heteroatoms. The average molecular weight is 261 g/mol. The van der Waals surface area contributed by atoms with E-state index in [0.717, 1.165) is 23.0 Å². The van der Waals surface area contributed by atoms with Crippen molar-refractivity contribution in [2.24, 2.45) is 0 Å². The van der Waals surface area contributed by atoms with Gasteiger partial charge in [-0.15, -0.1) is 10.2 Å². The predicted octanol–water partition coefficient (Wildman–Crippen LogP) is 3.59. The molecule has 1 aromatic heterocycles. The molecule has 0 aliphatic carbocycles. The van der Waals surface area contributed by atoms with E-state index in [1.54, 1.807) is 11.3 Å². The Morgan fingerprint density at radius 3 is 2.44 bits per heavy atom. The van der Waals surface area contributed by atoms with Crippen molar-refractivity contribution >= 4 is 16.5 Å². The maximum absolute atomic E-state index is 4.12. The minimum atomic E-state index is 0.417. The highest BCUT2D eigenvalue weighted by atomic mass is 32.1. The third kappa shape index (κ3) is 3.53. The van der Waals surface area contributed by atoms with Gasteiger partial charge in [0.1, 0.15) is 5.01 Å². The zero-order valence-corrected chi connectivity index (χ0v) is 11.9. The number of hydrogen-bond acceptors (Lipinski definition) is 4. The van der Waals surface area contributed by atoms with Gasteiger partial charge in [0, 0.05) is 6.04 Å². The Kier molecular flexibility index (Phi) is 4.31. The van der Waals surface area contributed by atoms with E-state index in [1.165, 1.54) is 11.1 Å². The Morgan fingerprint density at radius 2 is 1.89 bits per heavy atom. The lowest BCUT2D eigenvalue weighted by Gasteiger charge is -2.16. The van der Waals surface area contributed by atoms with Gasteiger partial charge in [-0.3, -0.25) is 0 Å². The molecule has 18 heavy (non-hydrogen) atoms. The minimum Gasteiger partial charge on any atom is -0.357 e. The van der Waals surface area contributed by atoms with E-state index in [1.807, 2.05) is 6.92 Å². The smallest absolute Gasteiger partial charge is 0.205 e. The van der Waals surface area contributed by atoms with Crippen LogP contribution in [-0.2, 0) is 6.42 Å². The monoisotopic (exact) mass is 261 g/mol. The van der Waals surface area contributed by atoms with Crippen LogP contribution in [0.2, 0.25) is 0 Å². The van der Waals surface area contributed by atoms with Crippen LogP contribution in [0.5, 0.6) is 0 Å². The largest absolute Gasteiger partial charge is 0.357 e. The Balaban J connectivity index is 1.99. The lowest BCUT2D eigenvalue weighted by molar-refractivity contribution is 0.688. The first-order chi connectivity index (χ1) is 8.67. The Bertz CT molecular complexity index is 490. The van der Waals surface area contributed by atoms with Crippen LogP contribution in [-0.4, -0.2) is 16.2 Å². The second-order valence-electron chi connectivity index (χ2n) is 4.57. The Morgan fingerprint density at radius 1 is 1.17 bits per heavy atom. The van der Waals surface area contributed by atoms with Crippen molar-refractivity contribution in [1.82, 2.24) is 10.2 Å². The number of rotatable bonds is 5. The van der Waals surface area contributed by atoms with Gasteiger partial charge < -0.3 is 5.32 Å². The van der Waals surface area contributed by atoms with E-state index >= 15 is 0 Å². The van der Waals surface area contributed by atoms with Gasteiger partial charge >= 0.3 is 0 Å². The first-order valence-electron chi connectivity index (χ1n) is 6.29. The molecule has 0 aliphatic heterocycles. The van der Waals surface area contributed by atoms with Crippen LogP contribution < -0.4 is 5.32 Å². The van der Waals surface area contributed by atoms with E-state index in [9.17, 15) is 0 Å². The van der Waals surface area contributed by atoms with Crippen LogP contribution in [0.1, 0.15) is 29.5 Å². The molecule has 3 nitrogen and oxygen atoms in total. The van der Waals surface area contributed by atoms with Crippen molar-refractivity contribution in [1.29, 1.82) is 0 Å². The highest BCUT2D eigenvalue weighted by Crippen LogP contribution is 2.17. The molecule has 0 saturated carbocycles. The summed E-state index contributed by atoms with van der Waals surface area (Å²) in [4.78, 5) is 0. The van der Waals surface area contributed by atoms with Gasteiger partial charge in [0.05, 0.1) is 0 Å². The number of anilines is 1. The molecule has 1 aromatic carbocycles. The molecule has 1 unspecified atom stereocenters. The van der Waals surface area contributed by atoms with Gasteiger partial charge in [0.15, 0.2) is 0 Å². The molecule has 1 heterocycles. The van der Waals surface area contributed by atoms with Crippen molar-refractivity contribution in [2.75, 3.05) is 5.32 Å². The maximum Gasteiger partial charge on any atom is 0.205 e. The van der Waals surface area contributed by atoms with Gasteiger partial charge in [-0.25, -0.2) is 0 Å². The molecule has 2 aromatic rings. The number of nitrogens with one attached hydrogen (secondary N) is 1. The highest BCUT2D eigenvalue weighted by Gasteiger charge is 2.09. The van der Waals surface area contributed by atoms with Crippen LogP contribution >= 0.6 is 11.3 Å². The topological polar surface area (TPSA) is 37.8 Å². The molecular formula is C14H19N3S. The minimum absolute atomic E-state index is 0.417. The Labute approximate surface area is 112 Å². The van der Waals surface area contributed by atoms with E-state index in [4.69, 9.17) is 0 Å². The molecule has 0 aliphatic rings. The molecular weight excluding hydrogens is 242 g/mol. The molecule has 0 bridgehead atoms. The normalized spacial score (nSPS) is 12.4. The van der Waals surface area contributed by atoms with Crippen LogP contribution in [0.15, 0.2) is 24.3 Å². The first kappa shape index (κ1) is 13.0. The van der Waals surface area contributed by atoms with E-state index in [0.29, 0.717) is 6.04 Å². The second-order valence-corrected chi connectivity index (χ2v) is 5.75. The van der Waals surface area contributed by atoms with Crippen molar-refractivity contribution in [3.05, 3.63) is 40.4 Å². The van der Waals surface area contributed by atoms with Gasteiger partial charge in [0.2, 0.25) is 5.13 Å². The third-order valence-electron chi connectivity index (χ3n) is 2.95. The standard InChI is InChI=1S/C14H19N3S/c1-4-13(15-14-17-16-11(3)18-14)9-12-7-5-10(2)6-8-12/h5-8,13H,4,9H2,1-3H3,(H,15,17). The van der Waals surface area contributed by atoms with Crippen LogP contribution in [0.3, 0.4) is 0 Å². The zero-order chi connectivity index (χ0) is 13.0. The number of hydrogen-bond donors (Lipinski definition) is 1. The SMILES string of the molecule is CCC(Cc1ccc(C)cc1)Nc1nnc(C)s1. The van der Waals surface area contributed by atoms with Gasteiger partial charge in [0.25, 0.3) is 0 Å². The van der Waals surface area contributed by atoms with Gasteiger partial charge in [-0.1, -0.05) is 48.1 Å². The summed E-state index contributed by atoms with van der Waals surface area (Å²) < 4.78 is 0. The Hall–Kier alpha value is -1.42. The van der Waals surface area contributed by atoms with Crippen LogP contribution in [0.4, 0.5) is 5.13 Å². The first-order valence-corrected chi connectivity index (χ1v) is 7.11. The summed E-state index contributed by atoms with van der Waals surface area (Å²) in [5.74, 6) is 0. The molecule has 2 rings (SSSR count). The molecule has 96 valence electrons. The lowest BCUT2D eigenvalue weighted by Crippen LogP contribution is -2.21. The number of nitrogens with zero attached hydrogens (tertiary/aromatic N) is 2. The van der Waals surface area contributed by atoms with Crippen molar-refractivity contribution < 1.29 is 0 Å². The highest BCUT2D eigenvalue weighted by molar-refractivity contribution is 7.15. The summed E-state index contributed by atoms with van der Waals surface area (Å²) >= 11 is 1.61. The van der Waals surface area contributed by atoms with E-state index in [-0.39, 0.29) is 0 Å². The maximum atomic E-state index is 4.12. The molecule has 0 amide bonds. The van der Waals surface area contributed by atoms with E-state index in [2.05, 4.69) is 53.6 Å². The predicted molar refractivity (Wildman–Crippen MR) is 77.2 cm³/mol. The van der Waals surface area contributed by atoms with Crippen molar-refractivity contribution in [3.63, 3.8) is 0 Å². The zero-order valence-electron chi connectivity index (χ0n) is 11.1. The quantitative estimate of drug-likeness (QED) is 0.894. The number of aryl methyl sites for hydroxylation is 2. The lowest BCUT2D eigenvalue weighted by atomic mass is 10.0. The third-order valence-corrected chi connectivity index (χ3v) is 3.72. The molecule has 1 N–H and O–H groups in total. The van der Waals surface area contributed by atoms with Crippen LogP contribution in [0.25, 0.3) is 0 Å². The van der Waals surface area contributed by atoms with Crippen LogP contribution in [0, 0.1) is 13.8 Å². The summed E-state index contributed by atoms with van der Waals surface area (Å²) in [6.07, 6.45) is 2.10. The van der Waals surface area contributed by atoms with Gasteiger partial charge in [-0.05, 0) is 32.3 Å². The summed E-state index contributed by atoms with van der Waals surface area (Å²) in [5, 5.41) is 13.5. The fraction of sp³-hybridized carbons (Fsp3) is 0.429. The molecule has 0 fully saturated rings. The van der Waals surface area contributed by atoms with E-state index < -0.39 is 0 Å². The molecule has 1 atom stereocenters. The summed E-state index contributed by atoms with van der Waals surface area (Å²) in [5.41, 5.74) is 2.67. The number of aromatic nitrogens is 2. The summed E-state index contributed by atoms with van der Waals surface area (Å²) in [7, 11) is 0. The number of benzene rings is 1. The molecule has 0 saturated heterocycles. The fourth-order valence-corrected chi connectivity index (χ4v) is 2.50. The van der Waals surface area contributed by atoms with Crippen molar-refractivity contribution in [2.45, 2.75) is 39.7 Å². The summed E-state index contributed by atoms with van der Waals surface area (Å²) in [6.45, 7) is 6.28. The second kappa shape index (κ2) is 5.96. The molecule has 0 radical (unpaired) electrons. The van der Waals surface area contributed by atoms with Crippen molar-refractivity contribution in [3.8, 4) is 0 Å². The van der Waals surface area contributed by atoms with Gasteiger partial charge in [-0.2, -0.15) is 0 Å². The fourth-order valence-electron chi connectivity index (χ4n) is 1.84. The molecule has 0 spiro atoms. The summed E-state index contributed by atoms with van der Waals surface area (Å²) in [6, 6.07) is 9.14.